The molecule has 2 aliphatic rings. The molecule has 0 radical (unpaired) electrons. The van der Waals surface area contributed by atoms with Crippen LogP contribution in [0.15, 0.2) is 18.3 Å². The molecule has 0 saturated carbocycles. The average molecular weight is 276 g/mol. The highest BCUT2D eigenvalue weighted by Crippen LogP contribution is 2.37. The van der Waals surface area contributed by atoms with Crippen molar-refractivity contribution in [1.82, 2.24) is 9.88 Å². The fraction of sp³-hybridized carbons (Fsp3) is 0.600. The van der Waals surface area contributed by atoms with Gasteiger partial charge in [0, 0.05) is 37.0 Å². The third-order valence-corrected chi connectivity index (χ3v) is 4.45. The van der Waals surface area contributed by atoms with Crippen molar-refractivity contribution in [1.29, 1.82) is 0 Å². The second-order valence-electron chi connectivity index (χ2n) is 5.51. The SMILES string of the molecule is COc1cc(C(=O)N2[C@@H]3CC[C@H]2CC(OC)C3)ccn1. The second kappa shape index (κ2) is 5.40. The van der Waals surface area contributed by atoms with Crippen LogP contribution in [0.1, 0.15) is 36.0 Å². The van der Waals surface area contributed by atoms with Crippen molar-refractivity contribution >= 4 is 5.91 Å². The molecule has 1 aromatic heterocycles. The molecular formula is C15H20N2O3. The molecule has 3 heterocycles. The number of rotatable bonds is 3. The maximum Gasteiger partial charge on any atom is 0.254 e. The molecular weight excluding hydrogens is 256 g/mol. The van der Waals surface area contributed by atoms with E-state index in [2.05, 4.69) is 4.98 Å². The summed E-state index contributed by atoms with van der Waals surface area (Å²) in [5.74, 6) is 0.572. The smallest absolute Gasteiger partial charge is 0.254 e. The zero-order valence-electron chi connectivity index (χ0n) is 11.9. The Kier molecular flexibility index (Phi) is 3.61. The Hall–Kier alpha value is -1.62. The van der Waals surface area contributed by atoms with Crippen LogP contribution in [-0.2, 0) is 4.74 Å². The minimum Gasteiger partial charge on any atom is -0.481 e. The number of fused-ring (bicyclic) bond motifs is 2. The van der Waals surface area contributed by atoms with Crippen LogP contribution in [0.2, 0.25) is 0 Å². The Bertz CT molecular complexity index is 492. The van der Waals surface area contributed by atoms with Gasteiger partial charge in [-0.25, -0.2) is 4.98 Å². The summed E-state index contributed by atoms with van der Waals surface area (Å²) < 4.78 is 10.6. The molecule has 0 aliphatic carbocycles. The van der Waals surface area contributed by atoms with Crippen LogP contribution < -0.4 is 4.74 Å². The normalized spacial score (nSPS) is 28.5. The summed E-state index contributed by atoms with van der Waals surface area (Å²) in [7, 11) is 3.32. The molecule has 0 spiro atoms. The highest BCUT2D eigenvalue weighted by molar-refractivity contribution is 5.95. The van der Waals surface area contributed by atoms with Crippen LogP contribution in [0.3, 0.4) is 0 Å². The number of hydrogen-bond donors (Lipinski definition) is 0. The minimum atomic E-state index is 0.0905. The summed E-state index contributed by atoms with van der Waals surface area (Å²) in [6, 6.07) is 4.09. The van der Waals surface area contributed by atoms with Crippen LogP contribution in [-0.4, -0.2) is 48.2 Å². The van der Waals surface area contributed by atoms with Gasteiger partial charge in [0.15, 0.2) is 0 Å². The Morgan fingerprint density at radius 3 is 2.60 bits per heavy atom. The molecule has 2 saturated heterocycles. The lowest BCUT2D eigenvalue weighted by atomic mass is 9.98. The molecule has 3 atom stereocenters. The number of amides is 1. The van der Waals surface area contributed by atoms with Gasteiger partial charge in [-0.15, -0.1) is 0 Å². The number of methoxy groups -OCH3 is 2. The monoisotopic (exact) mass is 276 g/mol. The number of hydrogen-bond acceptors (Lipinski definition) is 4. The van der Waals surface area contributed by atoms with E-state index in [-0.39, 0.29) is 5.91 Å². The standard InChI is InChI=1S/C15H20N2O3/c1-19-13-8-11-3-4-12(9-13)17(11)15(18)10-5-6-16-14(7-10)20-2/h5-7,11-13H,3-4,8-9H2,1-2H3/t11-,12+,13?. The largest absolute Gasteiger partial charge is 0.481 e. The lowest BCUT2D eigenvalue weighted by molar-refractivity contribution is 0.00820. The molecule has 5 nitrogen and oxygen atoms in total. The quantitative estimate of drug-likeness (QED) is 0.845. The molecule has 2 aliphatic heterocycles. The summed E-state index contributed by atoms with van der Waals surface area (Å²) in [5.41, 5.74) is 0.657. The van der Waals surface area contributed by atoms with Crippen LogP contribution >= 0.6 is 0 Å². The first-order valence-electron chi connectivity index (χ1n) is 7.08. The minimum absolute atomic E-state index is 0.0905. The van der Waals surface area contributed by atoms with Crippen molar-refractivity contribution in [3.05, 3.63) is 23.9 Å². The van der Waals surface area contributed by atoms with Crippen molar-refractivity contribution in [2.75, 3.05) is 14.2 Å². The summed E-state index contributed by atoms with van der Waals surface area (Å²) >= 11 is 0. The lowest BCUT2D eigenvalue weighted by Crippen LogP contribution is -2.48. The van der Waals surface area contributed by atoms with E-state index in [1.165, 1.54) is 0 Å². The number of nitrogens with zero attached hydrogens (tertiary/aromatic N) is 2. The summed E-state index contributed by atoms with van der Waals surface area (Å²) in [5, 5.41) is 0. The first-order valence-corrected chi connectivity index (χ1v) is 7.08. The van der Waals surface area contributed by atoms with E-state index >= 15 is 0 Å². The van der Waals surface area contributed by atoms with Gasteiger partial charge in [-0.05, 0) is 31.7 Å². The molecule has 1 amide bonds. The first-order chi connectivity index (χ1) is 9.72. The van der Waals surface area contributed by atoms with Gasteiger partial charge >= 0.3 is 0 Å². The van der Waals surface area contributed by atoms with Crippen molar-refractivity contribution < 1.29 is 14.3 Å². The number of ether oxygens (including phenoxy) is 2. The lowest BCUT2D eigenvalue weighted by Gasteiger charge is -2.38. The third kappa shape index (κ3) is 2.26. The zero-order chi connectivity index (χ0) is 14.1. The van der Waals surface area contributed by atoms with E-state index in [4.69, 9.17) is 9.47 Å². The van der Waals surface area contributed by atoms with Gasteiger partial charge in [0.1, 0.15) is 0 Å². The van der Waals surface area contributed by atoms with Gasteiger partial charge in [0.2, 0.25) is 5.88 Å². The predicted octanol–water partition coefficient (Wildman–Crippen LogP) is 1.87. The van der Waals surface area contributed by atoms with Crippen LogP contribution in [0.5, 0.6) is 5.88 Å². The van der Waals surface area contributed by atoms with E-state index in [9.17, 15) is 4.79 Å². The van der Waals surface area contributed by atoms with Crippen molar-refractivity contribution in [3.8, 4) is 5.88 Å². The molecule has 5 heteroatoms. The molecule has 0 aromatic carbocycles. The highest BCUT2D eigenvalue weighted by Gasteiger charge is 2.43. The van der Waals surface area contributed by atoms with Gasteiger partial charge in [0.05, 0.1) is 13.2 Å². The molecule has 2 bridgehead atoms. The molecule has 3 rings (SSSR count). The van der Waals surface area contributed by atoms with Gasteiger partial charge in [0.25, 0.3) is 5.91 Å². The molecule has 1 aromatic rings. The second-order valence-corrected chi connectivity index (χ2v) is 5.51. The van der Waals surface area contributed by atoms with Crippen LogP contribution in [0, 0.1) is 0 Å². The Morgan fingerprint density at radius 2 is 2.00 bits per heavy atom. The zero-order valence-corrected chi connectivity index (χ0v) is 11.9. The fourth-order valence-electron chi connectivity index (χ4n) is 3.45. The molecule has 108 valence electrons. The molecule has 2 fully saturated rings. The maximum atomic E-state index is 12.7. The van der Waals surface area contributed by atoms with E-state index in [1.54, 1.807) is 32.5 Å². The number of piperidine rings is 1. The molecule has 0 N–H and O–H groups in total. The Morgan fingerprint density at radius 1 is 1.30 bits per heavy atom. The van der Waals surface area contributed by atoms with Gasteiger partial charge < -0.3 is 14.4 Å². The highest BCUT2D eigenvalue weighted by atomic mass is 16.5. The van der Waals surface area contributed by atoms with Crippen molar-refractivity contribution in [2.24, 2.45) is 0 Å². The van der Waals surface area contributed by atoms with E-state index in [0.29, 0.717) is 29.6 Å². The maximum absolute atomic E-state index is 12.7. The molecule has 20 heavy (non-hydrogen) atoms. The predicted molar refractivity (Wildman–Crippen MR) is 73.8 cm³/mol. The van der Waals surface area contributed by atoms with Crippen molar-refractivity contribution in [3.63, 3.8) is 0 Å². The van der Waals surface area contributed by atoms with Crippen LogP contribution in [0.4, 0.5) is 0 Å². The first kappa shape index (κ1) is 13.4. The van der Waals surface area contributed by atoms with Gasteiger partial charge in [-0.3, -0.25) is 4.79 Å². The van der Waals surface area contributed by atoms with Gasteiger partial charge in [-0.2, -0.15) is 0 Å². The summed E-state index contributed by atoms with van der Waals surface area (Å²) in [4.78, 5) is 18.8. The number of carbonyl (C=O) groups is 1. The van der Waals surface area contributed by atoms with Crippen LogP contribution in [0.25, 0.3) is 0 Å². The van der Waals surface area contributed by atoms with E-state index in [0.717, 1.165) is 25.7 Å². The number of carbonyl (C=O) groups excluding carboxylic acids is 1. The molecule has 1 unspecified atom stereocenters. The van der Waals surface area contributed by atoms with E-state index < -0.39 is 0 Å². The summed E-state index contributed by atoms with van der Waals surface area (Å²) in [6.45, 7) is 0. The van der Waals surface area contributed by atoms with Crippen molar-refractivity contribution in [2.45, 2.75) is 43.9 Å². The Labute approximate surface area is 118 Å². The number of pyridine rings is 1. The topological polar surface area (TPSA) is 51.7 Å². The van der Waals surface area contributed by atoms with Gasteiger partial charge in [-0.1, -0.05) is 0 Å². The Balaban J connectivity index is 1.81. The third-order valence-electron chi connectivity index (χ3n) is 4.45. The van der Waals surface area contributed by atoms with E-state index in [1.807, 2.05) is 4.90 Å². The fourth-order valence-corrected chi connectivity index (χ4v) is 3.45. The average Bonchev–Trinajstić information content (AvgIpc) is 2.76. The number of aromatic nitrogens is 1. The summed E-state index contributed by atoms with van der Waals surface area (Å²) in [6.07, 6.45) is 5.97.